The molecule has 0 bridgehead atoms. The van der Waals surface area contributed by atoms with Gasteiger partial charge in [-0.05, 0) is 35.4 Å². The number of hydrogen-bond acceptors (Lipinski definition) is 5. The van der Waals surface area contributed by atoms with Crippen LogP contribution in [0.25, 0.3) is 0 Å². The molecule has 0 aliphatic carbocycles. The van der Waals surface area contributed by atoms with Gasteiger partial charge in [-0.2, -0.15) is 0 Å². The fourth-order valence-electron chi connectivity index (χ4n) is 3.21. The third kappa shape index (κ3) is 1.97. The van der Waals surface area contributed by atoms with Gasteiger partial charge in [0.1, 0.15) is 5.75 Å². The van der Waals surface area contributed by atoms with Crippen LogP contribution < -0.4 is 24.8 Å². The van der Waals surface area contributed by atoms with Crippen LogP contribution >= 0.6 is 0 Å². The van der Waals surface area contributed by atoms with Crippen molar-refractivity contribution in [3.63, 3.8) is 0 Å². The number of nitrogens with zero attached hydrogens (tertiary/aromatic N) is 1. The summed E-state index contributed by atoms with van der Waals surface area (Å²) >= 11 is 0. The molecule has 2 aromatic carbocycles. The number of hydrogen-bond donors (Lipinski definition) is 1. The zero-order valence-electron chi connectivity index (χ0n) is 12.4. The molecule has 2 heterocycles. The van der Waals surface area contributed by atoms with Gasteiger partial charge in [0.25, 0.3) is 0 Å². The van der Waals surface area contributed by atoms with Gasteiger partial charge in [0, 0.05) is 24.8 Å². The number of anilines is 1. The Balaban J connectivity index is 1.71. The Hall–Kier alpha value is -2.40. The Morgan fingerprint density at radius 2 is 2.05 bits per heavy atom. The lowest BCUT2D eigenvalue weighted by atomic mass is 10.0. The highest BCUT2D eigenvalue weighted by molar-refractivity contribution is 5.61. The minimum atomic E-state index is 0.144. The summed E-state index contributed by atoms with van der Waals surface area (Å²) in [5.74, 6) is 2.46. The van der Waals surface area contributed by atoms with E-state index in [-0.39, 0.29) is 12.8 Å². The summed E-state index contributed by atoms with van der Waals surface area (Å²) in [6.07, 6.45) is 0. The van der Waals surface area contributed by atoms with Crippen molar-refractivity contribution in [1.82, 2.24) is 0 Å². The molecule has 0 amide bonds. The van der Waals surface area contributed by atoms with E-state index in [1.165, 1.54) is 11.1 Å². The quantitative estimate of drug-likeness (QED) is 0.943. The molecule has 4 rings (SSSR count). The molecule has 0 spiro atoms. The van der Waals surface area contributed by atoms with Gasteiger partial charge in [0.05, 0.1) is 13.2 Å². The van der Waals surface area contributed by atoms with Crippen LogP contribution in [-0.4, -0.2) is 20.4 Å². The Kier molecular flexibility index (Phi) is 3.08. The van der Waals surface area contributed by atoms with Crippen molar-refractivity contribution < 1.29 is 14.2 Å². The summed E-state index contributed by atoms with van der Waals surface area (Å²) in [6, 6.07) is 12.4. The first kappa shape index (κ1) is 13.3. The molecule has 0 aromatic heterocycles. The Labute approximate surface area is 129 Å². The molecule has 2 aliphatic heterocycles. The zero-order chi connectivity index (χ0) is 15.1. The smallest absolute Gasteiger partial charge is 0.231 e. The topological polar surface area (TPSA) is 57.0 Å². The van der Waals surface area contributed by atoms with Crippen molar-refractivity contribution >= 4 is 5.69 Å². The molecule has 2 aromatic rings. The van der Waals surface area contributed by atoms with Crippen LogP contribution in [0.3, 0.4) is 0 Å². The van der Waals surface area contributed by atoms with Gasteiger partial charge in [-0.3, -0.25) is 0 Å². The van der Waals surface area contributed by atoms with Crippen LogP contribution in [0.15, 0.2) is 36.4 Å². The highest BCUT2D eigenvalue weighted by Crippen LogP contribution is 2.42. The first-order valence-corrected chi connectivity index (χ1v) is 7.33. The first-order chi connectivity index (χ1) is 10.8. The molecule has 0 saturated heterocycles. The van der Waals surface area contributed by atoms with Gasteiger partial charge in [0.15, 0.2) is 11.5 Å². The Bertz CT molecular complexity index is 717. The minimum absolute atomic E-state index is 0.144. The average molecular weight is 298 g/mol. The van der Waals surface area contributed by atoms with E-state index in [0.717, 1.165) is 29.5 Å². The SMILES string of the molecule is COc1ccc2c(c1)C(CN)N(c1ccc3c(c1)OCO3)C2. The lowest BCUT2D eigenvalue weighted by Crippen LogP contribution is -2.27. The van der Waals surface area contributed by atoms with E-state index in [2.05, 4.69) is 23.1 Å². The third-order valence-corrected chi connectivity index (χ3v) is 4.34. The van der Waals surface area contributed by atoms with E-state index in [0.29, 0.717) is 6.54 Å². The normalized spacial score (nSPS) is 18.5. The number of nitrogens with two attached hydrogens (primary N) is 1. The van der Waals surface area contributed by atoms with Crippen LogP contribution in [0.4, 0.5) is 5.69 Å². The molecular formula is C17H18N2O3. The summed E-state index contributed by atoms with van der Waals surface area (Å²) in [7, 11) is 1.68. The molecule has 0 radical (unpaired) electrons. The van der Waals surface area contributed by atoms with Crippen molar-refractivity contribution in [3.05, 3.63) is 47.5 Å². The van der Waals surface area contributed by atoms with Crippen LogP contribution in [0.1, 0.15) is 17.2 Å². The standard InChI is InChI=1S/C17H18N2O3/c1-20-13-4-2-11-9-19(15(8-18)14(11)7-13)12-3-5-16-17(6-12)22-10-21-16/h2-7,15H,8-10,18H2,1H3. The van der Waals surface area contributed by atoms with Crippen molar-refractivity contribution in [1.29, 1.82) is 0 Å². The van der Waals surface area contributed by atoms with Crippen molar-refractivity contribution in [2.24, 2.45) is 5.73 Å². The van der Waals surface area contributed by atoms with Crippen molar-refractivity contribution in [2.45, 2.75) is 12.6 Å². The molecular weight excluding hydrogens is 280 g/mol. The summed E-state index contributed by atoms with van der Waals surface area (Å²) in [5.41, 5.74) is 9.66. The molecule has 0 fully saturated rings. The van der Waals surface area contributed by atoms with Crippen LogP contribution in [-0.2, 0) is 6.54 Å². The highest BCUT2D eigenvalue weighted by Gasteiger charge is 2.30. The molecule has 22 heavy (non-hydrogen) atoms. The van der Waals surface area contributed by atoms with E-state index in [4.69, 9.17) is 19.9 Å². The van der Waals surface area contributed by atoms with E-state index in [1.54, 1.807) is 7.11 Å². The largest absolute Gasteiger partial charge is 0.497 e. The number of methoxy groups -OCH3 is 1. The molecule has 5 nitrogen and oxygen atoms in total. The lowest BCUT2D eigenvalue weighted by Gasteiger charge is -2.26. The van der Waals surface area contributed by atoms with Crippen LogP contribution in [0.2, 0.25) is 0 Å². The maximum atomic E-state index is 6.04. The summed E-state index contributed by atoms with van der Waals surface area (Å²) in [4.78, 5) is 2.30. The van der Waals surface area contributed by atoms with E-state index in [1.807, 2.05) is 18.2 Å². The Morgan fingerprint density at radius 1 is 1.18 bits per heavy atom. The second kappa shape index (κ2) is 5.10. The van der Waals surface area contributed by atoms with Crippen molar-refractivity contribution in [2.75, 3.05) is 25.3 Å². The van der Waals surface area contributed by atoms with Gasteiger partial charge in [-0.25, -0.2) is 0 Å². The van der Waals surface area contributed by atoms with Crippen molar-refractivity contribution in [3.8, 4) is 17.2 Å². The molecule has 2 N–H and O–H groups in total. The molecule has 5 heteroatoms. The number of fused-ring (bicyclic) bond motifs is 2. The maximum absolute atomic E-state index is 6.04. The Morgan fingerprint density at radius 3 is 2.86 bits per heavy atom. The van der Waals surface area contributed by atoms with Gasteiger partial charge in [-0.15, -0.1) is 0 Å². The van der Waals surface area contributed by atoms with E-state index in [9.17, 15) is 0 Å². The minimum Gasteiger partial charge on any atom is -0.497 e. The molecule has 1 atom stereocenters. The van der Waals surface area contributed by atoms with Gasteiger partial charge in [-0.1, -0.05) is 6.07 Å². The van der Waals surface area contributed by atoms with Gasteiger partial charge >= 0.3 is 0 Å². The summed E-state index contributed by atoms with van der Waals surface area (Å²) < 4.78 is 16.2. The predicted molar refractivity (Wildman–Crippen MR) is 83.5 cm³/mol. The van der Waals surface area contributed by atoms with Crippen LogP contribution in [0, 0.1) is 0 Å². The average Bonchev–Trinajstić information content (AvgIpc) is 3.16. The van der Waals surface area contributed by atoms with Crippen LogP contribution in [0.5, 0.6) is 17.2 Å². The number of rotatable bonds is 3. The van der Waals surface area contributed by atoms with Gasteiger partial charge < -0.3 is 24.8 Å². The third-order valence-electron chi connectivity index (χ3n) is 4.34. The van der Waals surface area contributed by atoms with E-state index < -0.39 is 0 Å². The molecule has 2 aliphatic rings. The number of ether oxygens (including phenoxy) is 3. The monoisotopic (exact) mass is 298 g/mol. The first-order valence-electron chi connectivity index (χ1n) is 7.33. The molecule has 1 unspecified atom stereocenters. The fourth-order valence-corrected chi connectivity index (χ4v) is 3.21. The number of benzene rings is 2. The summed E-state index contributed by atoms with van der Waals surface area (Å²) in [6.45, 7) is 1.67. The fraction of sp³-hybridized carbons (Fsp3) is 0.294. The second-order valence-electron chi connectivity index (χ2n) is 5.48. The van der Waals surface area contributed by atoms with E-state index >= 15 is 0 Å². The van der Waals surface area contributed by atoms with Gasteiger partial charge in [0.2, 0.25) is 6.79 Å². The highest BCUT2D eigenvalue weighted by atomic mass is 16.7. The summed E-state index contributed by atoms with van der Waals surface area (Å²) in [5, 5.41) is 0. The molecule has 114 valence electrons. The molecule has 0 saturated carbocycles. The maximum Gasteiger partial charge on any atom is 0.231 e. The zero-order valence-corrected chi connectivity index (χ0v) is 12.4. The lowest BCUT2D eigenvalue weighted by molar-refractivity contribution is 0.174. The predicted octanol–water partition coefficient (Wildman–Crippen LogP) is 2.44. The second-order valence-corrected chi connectivity index (χ2v) is 5.48.